The molecule has 4 heteroatoms. The van der Waals surface area contributed by atoms with Gasteiger partial charge in [-0.1, -0.05) is 19.1 Å². The molecule has 0 spiro atoms. The monoisotopic (exact) mass is 339 g/mol. The van der Waals surface area contributed by atoms with E-state index in [1.54, 1.807) is 0 Å². The zero-order valence-electron chi connectivity index (χ0n) is 15.2. The Morgan fingerprint density at radius 3 is 3.00 bits per heavy atom. The van der Waals surface area contributed by atoms with Gasteiger partial charge in [0.1, 0.15) is 0 Å². The first kappa shape index (κ1) is 16.6. The van der Waals surface area contributed by atoms with Crippen molar-refractivity contribution in [3.63, 3.8) is 0 Å². The van der Waals surface area contributed by atoms with Gasteiger partial charge in [-0.3, -0.25) is 4.79 Å². The smallest absolute Gasteiger partial charge is 0.253 e. The largest absolute Gasteiger partial charge is 0.358 e. The second kappa shape index (κ2) is 7.20. The highest BCUT2D eigenvalue weighted by Gasteiger charge is 2.22. The topological polar surface area (TPSA) is 48.1 Å². The molecule has 134 valence electrons. The number of aryl methyl sites for hydroxylation is 1. The molecule has 1 aromatic carbocycles. The Morgan fingerprint density at radius 2 is 2.16 bits per heavy atom. The lowest BCUT2D eigenvalue weighted by Gasteiger charge is -2.17. The first-order valence-electron chi connectivity index (χ1n) is 9.85. The van der Waals surface area contributed by atoms with Crippen LogP contribution in [0.4, 0.5) is 0 Å². The fourth-order valence-electron chi connectivity index (χ4n) is 4.41. The summed E-state index contributed by atoms with van der Waals surface area (Å²) in [6.07, 6.45) is 7.13. The molecular formula is C21H29N3O. The first-order valence-corrected chi connectivity index (χ1v) is 9.85. The number of likely N-dealkylation sites (tertiary alicyclic amines) is 1. The molecule has 4 nitrogen and oxygen atoms in total. The number of aromatic nitrogens is 1. The van der Waals surface area contributed by atoms with E-state index in [2.05, 4.69) is 28.2 Å². The fraction of sp³-hybridized carbons (Fsp3) is 0.571. The van der Waals surface area contributed by atoms with E-state index in [0.29, 0.717) is 0 Å². The van der Waals surface area contributed by atoms with E-state index in [-0.39, 0.29) is 5.91 Å². The average Bonchev–Trinajstić information content (AvgIpc) is 3.25. The number of hydrogen-bond donors (Lipinski definition) is 2. The molecular weight excluding hydrogens is 310 g/mol. The predicted octanol–water partition coefficient (Wildman–Crippen LogP) is 3.51. The molecule has 0 bridgehead atoms. The zero-order chi connectivity index (χ0) is 17.2. The summed E-state index contributed by atoms with van der Waals surface area (Å²) in [7, 11) is 0. The minimum Gasteiger partial charge on any atom is -0.358 e. The van der Waals surface area contributed by atoms with Crippen LogP contribution in [0.25, 0.3) is 10.9 Å². The Morgan fingerprint density at radius 1 is 1.32 bits per heavy atom. The van der Waals surface area contributed by atoms with Gasteiger partial charge in [0.05, 0.1) is 11.1 Å². The van der Waals surface area contributed by atoms with E-state index in [9.17, 15) is 4.79 Å². The van der Waals surface area contributed by atoms with Crippen molar-refractivity contribution in [1.82, 2.24) is 15.2 Å². The summed E-state index contributed by atoms with van der Waals surface area (Å²) in [4.78, 5) is 18.7. The van der Waals surface area contributed by atoms with E-state index in [1.807, 2.05) is 12.1 Å². The second-order valence-electron chi connectivity index (χ2n) is 7.82. The van der Waals surface area contributed by atoms with Gasteiger partial charge in [-0.25, -0.2) is 0 Å². The Balaban J connectivity index is 1.44. The lowest BCUT2D eigenvalue weighted by atomic mass is 9.87. The maximum Gasteiger partial charge on any atom is 0.253 e. The molecule has 2 heterocycles. The van der Waals surface area contributed by atoms with Crippen molar-refractivity contribution in [2.45, 2.75) is 45.4 Å². The van der Waals surface area contributed by atoms with Crippen molar-refractivity contribution in [3.05, 3.63) is 35.0 Å². The van der Waals surface area contributed by atoms with E-state index in [1.165, 1.54) is 49.0 Å². The molecule has 1 aliphatic carbocycles. The zero-order valence-corrected chi connectivity index (χ0v) is 15.2. The third kappa shape index (κ3) is 3.45. The van der Waals surface area contributed by atoms with E-state index in [4.69, 9.17) is 0 Å². The van der Waals surface area contributed by atoms with Crippen LogP contribution in [-0.4, -0.2) is 42.0 Å². The Hall–Kier alpha value is -1.81. The normalized spacial score (nSPS) is 20.8. The molecule has 1 saturated heterocycles. The molecule has 1 amide bonds. The van der Waals surface area contributed by atoms with Crippen LogP contribution in [0.1, 0.15) is 54.2 Å². The minimum atomic E-state index is 0.0543. The maximum atomic E-state index is 12.7. The van der Waals surface area contributed by atoms with Crippen LogP contribution in [-0.2, 0) is 12.8 Å². The molecule has 1 fully saturated rings. The molecule has 0 unspecified atom stereocenters. The van der Waals surface area contributed by atoms with Crippen molar-refractivity contribution in [2.24, 2.45) is 5.92 Å². The van der Waals surface area contributed by atoms with Crippen LogP contribution < -0.4 is 5.32 Å². The van der Waals surface area contributed by atoms with Gasteiger partial charge in [-0.2, -0.15) is 0 Å². The van der Waals surface area contributed by atoms with Crippen molar-refractivity contribution in [3.8, 4) is 0 Å². The van der Waals surface area contributed by atoms with E-state index < -0.39 is 0 Å². The Kier molecular flexibility index (Phi) is 4.80. The molecule has 1 aromatic heterocycles. The first-order chi connectivity index (χ1) is 12.2. The molecule has 0 radical (unpaired) electrons. The predicted molar refractivity (Wildman–Crippen MR) is 102 cm³/mol. The molecule has 0 saturated carbocycles. The number of hydrogen-bond acceptors (Lipinski definition) is 2. The Bertz CT molecular complexity index is 758. The van der Waals surface area contributed by atoms with Crippen LogP contribution in [0.15, 0.2) is 18.2 Å². The van der Waals surface area contributed by atoms with Crippen LogP contribution in [0.2, 0.25) is 0 Å². The van der Waals surface area contributed by atoms with Gasteiger partial charge in [0.15, 0.2) is 0 Å². The van der Waals surface area contributed by atoms with Gasteiger partial charge >= 0.3 is 0 Å². The molecule has 2 N–H and O–H groups in total. The lowest BCUT2D eigenvalue weighted by molar-refractivity contribution is 0.0953. The fourth-order valence-corrected chi connectivity index (χ4v) is 4.41. The third-order valence-corrected chi connectivity index (χ3v) is 5.85. The molecule has 25 heavy (non-hydrogen) atoms. The van der Waals surface area contributed by atoms with Crippen molar-refractivity contribution >= 4 is 16.8 Å². The number of benzene rings is 1. The number of H-pyrrole nitrogens is 1. The highest BCUT2D eigenvalue weighted by molar-refractivity contribution is 6.06. The second-order valence-corrected chi connectivity index (χ2v) is 7.82. The maximum absolute atomic E-state index is 12.7. The van der Waals surface area contributed by atoms with Crippen molar-refractivity contribution < 1.29 is 4.79 Å². The molecule has 2 aliphatic rings. The van der Waals surface area contributed by atoms with E-state index in [0.717, 1.165) is 49.4 Å². The number of nitrogens with zero attached hydrogens (tertiary/aromatic N) is 1. The summed E-state index contributed by atoms with van der Waals surface area (Å²) < 4.78 is 0. The molecule has 4 rings (SSSR count). The molecule has 1 aliphatic heterocycles. The summed E-state index contributed by atoms with van der Waals surface area (Å²) in [6, 6.07) is 6.13. The van der Waals surface area contributed by atoms with Crippen LogP contribution >= 0.6 is 0 Å². The highest BCUT2D eigenvalue weighted by Crippen LogP contribution is 2.32. The number of rotatable bonds is 5. The van der Waals surface area contributed by atoms with Crippen LogP contribution in [0.3, 0.4) is 0 Å². The van der Waals surface area contributed by atoms with Crippen LogP contribution in [0.5, 0.6) is 0 Å². The number of aromatic amines is 1. The Labute approximate surface area is 150 Å². The quantitative estimate of drug-likeness (QED) is 0.819. The summed E-state index contributed by atoms with van der Waals surface area (Å²) in [5.41, 5.74) is 4.58. The van der Waals surface area contributed by atoms with Gasteiger partial charge in [-0.15, -0.1) is 0 Å². The number of carbonyl (C=O) groups excluding carboxylic acids is 1. The van der Waals surface area contributed by atoms with Gasteiger partial charge < -0.3 is 15.2 Å². The van der Waals surface area contributed by atoms with Crippen molar-refractivity contribution in [2.75, 3.05) is 26.2 Å². The number of carbonyl (C=O) groups is 1. The minimum absolute atomic E-state index is 0.0543. The summed E-state index contributed by atoms with van der Waals surface area (Å²) in [5.74, 6) is 0.785. The van der Waals surface area contributed by atoms with Gasteiger partial charge in [0.25, 0.3) is 5.91 Å². The number of nitrogens with one attached hydrogen (secondary N) is 2. The SMILES string of the molecule is C[C@@H]1CCc2[nH]c3c(C(=O)NCCCN4CCCC4)cccc3c2C1. The summed E-state index contributed by atoms with van der Waals surface area (Å²) >= 11 is 0. The van der Waals surface area contributed by atoms with E-state index >= 15 is 0 Å². The standard InChI is InChI=1S/C21H29N3O/c1-15-8-9-19-18(14-15)16-6-4-7-17(20(16)23-19)21(25)22-10-5-13-24-11-2-3-12-24/h4,6-7,15,23H,2-3,5,8-14H2,1H3,(H,22,25)/t15-/m1/s1. The van der Waals surface area contributed by atoms with Gasteiger partial charge in [0, 0.05) is 17.6 Å². The average molecular weight is 339 g/mol. The number of fused-ring (bicyclic) bond motifs is 3. The van der Waals surface area contributed by atoms with Crippen LogP contribution in [0, 0.1) is 5.92 Å². The number of para-hydroxylation sites is 1. The van der Waals surface area contributed by atoms with Gasteiger partial charge in [0.2, 0.25) is 0 Å². The number of amides is 1. The van der Waals surface area contributed by atoms with Crippen molar-refractivity contribution in [1.29, 1.82) is 0 Å². The lowest BCUT2D eigenvalue weighted by Crippen LogP contribution is -2.28. The van der Waals surface area contributed by atoms with Gasteiger partial charge in [-0.05, 0) is 75.7 Å². The highest BCUT2D eigenvalue weighted by atomic mass is 16.1. The summed E-state index contributed by atoms with van der Waals surface area (Å²) in [6.45, 7) is 6.61. The summed E-state index contributed by atoms with van der Waals surface area (Å²) in [5, 5.41) is 4.36. The third-order valence-electron chi connectivity index (χ3n) is 5.85. The molecule has 1 atom stereocenters. The molecule has 2 aromatic rings.